The summed E-state index contributed by atoms with van der Waals surface area (Å²) in [6, 6.07) is 18.9. The fourth-order valence-corrected chi connectivity index (χ4v) is 4.92. The number of hydrogen-bond acceptors (Lipinski definition) is 5. The number of carbonyl (C=O) groups excluding carboxylic acids is 1. The third-order valence-corrected chi connectivity index (χ3v) is 7.28. The molecule has 0 spiro atoms. The van der Waals surface area contributed by atoms with Gasteiger partial charge in [0, 0.05) is 6.07 Å². The molecule has 0 saturated carbocycles. The first-order valence-corrected chi connectivity index (χ1v) is 12.3. The van der Waals surface area contributed by atoms with Gasteiger partial charge in [0.15, 0.2) is 11.5 Å². The smallest absolute Gasteiger partial charge is 0.264 e. The van der Waals surface area contributed by atoms with Gasteiger partial charge in [0.2, 0.25) is 5.91 Å². The van der Waals surface area contributed by atoms with Crippen molar-refractivity contribution in [1.82, 2.24) is 5.32 Å². The number of methoxy groups -OCH3 is 2. The molecule has 0 aromatic heterocycles. The maximum Gasteiger partial charge on any atom is 0.264 e. The topological polar surface area (TPSA) is 84.9 Å². The van der Waals surface area contributed by atoms with Gasteiger partial charge in [-0.2, -0.15) is 0 Å². The Morgan fingerprint density at radius 1 is 0.882 bits per heavy atom. The lowest BCUT2D eigenvalue weighted by Gasteiger charge is -2.25. The lowest BCUT2D eigenvalue weighted by Crippen LogP contribution is -2.41. The van der Waals surface area contributed by atoms with Crippen LogP contribution < -0.4 is 19.1 Å². The highest BCUT2D eigenvalue weighted by molar-refractivity contribution is 7.92. The Hall–Kier alpha value is -3.52. The van der Waals surface area contributed by atoms with E-state index in [1.807, 2.05) is 45.0 Å². The Balaban J connectivity index is 1.93. The summed E-state index contributed by atoms with van der Waals surface area (Å²) in [5.41, 5.74) is 3.42. The Bertz CT molecular complexity index is 1240. The molecule has 3 aromatic carbocycles. The van der Waals surface area contributed by atoms with E-state index in [-0.39, 0.29) is 23.2 Å². The second-order valence-corrected chi connectivity index (χ2v) is 9.93. The predicted octanol–water partition coefficient (Wildman–Crippen LogP) is 4.39. The predicted molar refractivity (Wildman–Crippen MR) is 133 cm³/mol. The van der Waals surface area contributed by atoms with E-state index in [1.54, 1.807) is 24.3 Å². The van der Waals surface area contributed by atoms with Gasteiger partial charge in [-0.1, -0.05) is 47.5 Å². The normalized spacial score (nSPS) is 12.0. The van der Waals surface area contributed by atoms with E-state index in [0.717, 1.165) is 21.0 Å². The summed E-state index contributed by atoms with van der Waals surface area (Å²) in [5, 5.41) is 2.90. The van der Waals surface area contributed by atoms with Crippen molar-refractivity contribution in [3.8, 4) is 11.5 Å². The van der Waals surface area contributed by atoms with Gasteiger partial charge in [-0.15, -0.1) is 0 Å². The minimum Gasteiger partial charge on any atom is -0.493 e. The van der Waals surface area contributed by atoms with E-state index in [9.17, 15) is 13.2 Å². The first-order valence-electron chi connectivity index (χ1n) is 10.8. The summed E-state index contributed by atoms with van der Waals surface area (Å²) < 4.78 is 38.9. The zero-order valence-electron chi connectivity index (χ0n) is 20.0. The van der Waals surface area contributed by atoms with E-state index in [2.05, 4.69) is 5.32 Å². The maximum atomic E-state index is 13.7. The molecule has 0 bridgehead atoms. The van der Waals surface area contributed by atoms with Crippen LogP contribution in [0, 0.1) is 13.8 Å². The number of sulfonamides is 1. The highest BCUT2D eigenvalue weighted by atomic mass is 32.2. The van der Waals surface area contributed by atoms with Crippen molar-refractivity contribution in [1.29, 1.82) is 0 Å². The number of amides is 1. The SMILES string of the molecule is COc1ccc(S(=O)(=O)N(CC(=O)N[C@H](C)c2ccc(C)cc2)c2ccc(C)cc2)cc1OC. The molecule has 7 nitrogen and oxygen atoms in total. The molecular formula is C26H30N2O5S. The van der Waals surface area contributed by atoms with E-state index in [1.165, 1.54) is 32.4 Å². The average Bonchev–Trinajstić information content (AvgIpc) is 2.83. The van der Waals surface area contributed by atoms with Gasteiger partial charge >= 0.3 is 0 Å². The van der Waals surface area contributed by atoms with Crippen LogP contribution in [0.15, 0.2) is 71.6 Å². The molecule has 0 radical (unpaired) electrons. The molecule has 34 heavy (non-hydrogen) atoms. The summed E-state index contributed by atoms with van der Waals surface area (Å²) in [7, 11) is -1.18. The molecule has 8 heteroatoms. The monoisotopic (exact) mass is 482 g/mol. The number of anilines is 1. The summed E-state index contributed by atoms with van der Waals surface area (Å²) in [6.45, 7) is 5.38. The molecule has 0 unspecified atom stereocenters. The van der Waals surface area contributed by atoms with Crippen LogP contribution >= 0.6 is 0 Å². The second-order valence-electron chi connectivity index (χ2n) is 8.06. The Labute approximate surface area is 201 Å². The van der Waals surface area contributed by atoms with E-state index in [0.29, 0.717) is 11.4 Å². The molecular weight excluding hydrogens is 452 g/mol. The summed E-state index contributed by atoms with van der Waals surface area (Å²) >= 11 is 0. The van der Waals surface area contributed by atoms with Crippen LogP contribution in [-0.4, -0.2) is 35.1 Å². The van der Waals surface area contributed by atoms with Gasteiger partial charge in [-0.3, -0.25) is 9.10 Å². The van der Waals surface area contributed by atoms with E-state index < -0.39 is 15.9 Å². The van der Waals surface area contributed by atoms with Crippen LogP contribution in [0.5, 0.6) is 11.5 Å². The van der Waals surface area contributed by atoms with Gasteiger partial charge in [0.05, 0.1) is 30.8 Å². The van der Waals surface area contributed by atoms with Gasteiger partial charge in [0.1, 0.15) is 6.54 Å². The van der Waals surface area contributed by atoms with Gasteiger partial charge < -0.3 is 14.8 Å². The first kappa shape index (κ1) is 25.1. The van der Waals surface area contributed by atoms with Crippen LogP contribution in [0.1, 0.15) is 29.7 Å². The van der Waals surface area contributed by atoms with E-state index in [4.69, 9.17) is 9.47 Å². The largest absolute Gasteiger partial charge is 0.493 e. The number of hydrogen-bond donors (Lipinski definition) is 1. The van der Waals surface area contributed by atoms with Crippen molar-refractivity contribution < 1.29 is 22.7 Å². The quantitative estimate of drug-likeness (QED) is 0.489. The molecule has 1 atom stereocenters. The molecule has 180 valence electrons. The number of rotatable bonds is 9. The maximum absolute atomic E-state index is 13.7. The minimum atomic E-state index is -4.09. The average molecular weight is 483 g/mol. The molecule has 3 aromatic rings. The minimum absolute atomic E-state index is 0.00916. The van der Waals surface area contributed by atoms with Crippen LogP contribution in [-0.2, 0) is 14.8 Å². The van der Waals surface area contributed by atoms with Crippen LogP contribution in [0.4, 0.5) is 5.69 Å². The van der Waals surface area contributed by atoms with Crippen molar-refractivity contribution in [2.75, 3.05) is 25.1 Å². The molecule has 3 rings (SSSR count). The van der Waals surface area contributed by atoms with Crippen LogP contribution in [0.3, 0.4) is 0 Å². The standard InChI is InChI=1S/C26H30N2O5S/c1-18-6-10-21(11-7-18)20(3)27-26(29)17-28(22-12-8-19(2)9-13-22)34(30,31)23-14-15-24(32-4)25(16-23)33-5/h6-16,20H,17H2,1-5H3,(H,27,29)/t20-/m1/s1. The molecule has 0 aliphatic rings. The van der Waals surface area contributed by atoms with Crippen molar-refractivity contribution in [2.24, 2.45) is 0 Å². The Morgan fingerprint density at radius 2 is 1.44 bits per heavy atom. The van der Waals surface area contributed by atoms with Gasteiger partial charge in [0.25, 0.3) is 10.0 Å². The summed E-state index contributed by atoms with van der Waals surface area (Å²) in [6.07, 6.45) is 0. The molecule has 0 fully saturated rings. The number of benzene rings is 3. The highest BCUT2D eigenvalue weighted by Crippen LogP contribution is 2.32. The van der Waals surface area contributed by atoms with Crippen molar-refractivity contribution in [3.63, 3.8) is 0 Å². The van der Waals surface area contributed by atoms with Crippen LogP contribution in [0.25, 0.3) is 0 Å². The van der Waals surface area contributed by atoms with Crippen molar-refractivity contribution in [3.05, 3.63) is 83.4 Å². The third-order valence-electron chi connectivity index (χ3n) is 5.51. The number of nitrogens with one attached hydrogen (secondary N) is 1. The number of aryl methyl sites for hydroxylation is 2. The number of ether oxygens (including phenoxy) is 2. The molecule has 0 heterocycles. The zero-order valence-corrected chi connectivity index (χ0v) is 20.8. The summed E-state index contributed by atoms with van der Waals surface area (Å²) in [5.74, 6) is 0.274. The van der Waals surface area contributed by atoms with Gasteiger partial charge in [-0.05, 0) is 50.6 Å². The van der Waals surface area contributed by atoms with Crippen LogP contribution in [0.2, 0.25) is 0 Å². The fraction of sp³-hybridized carbons (Fsp3) is 0.269. The lowest BCUT2D eigenvalue weighted by atomic mass is 10.1. The zero-order chi connectivity index (χ0) is 24.9. The van der Waals surface area contributed by atoms with E-state index >= 15 is 0 Å². The first-order chi connectivity index (χ1) is 16.1. The Kier molecular flexibility index (Phi) is 7.83. The summed E-state index contributed by atoms with van der Waals surface area (Å²) in [4.78, 5) is 13.0. The third kappa shape index (κ3) is 5.69. The molecule has 1 N–H and O–H groups in total. The van der Waals surface area contributed by atoms with Crippen molar-refractivity contribution >= 4 is 21.6 Å². The molecule has 1 amide bonds. The fourth-order valence-electron chi connectivity index (χ4n) is 3.49. The lowest BCUT2D eigenvalue weighted by molar-refractivity contribution is -0.120. The molecule has 0 saturated heterocycles. The number of carbonyl (C=O) groups is 1. The number of nitrogens with zero attached hydrogens (tertiary/aromatic N) is 1. The Morgan fingerprint density at radius 3 is 2.00 bits per heavy atom. The second kappa shape index (κ2) is 10.6. The molecule has 0 aliphatic carbocycles. The molecule has 0 aliphatic heterocycles. The van der Waals surface area contributed by atoms with Crippen molar-refractivity contribution in [2.45, 2.75) is 31.7 Å². The van der Waals surface area contributed by atoms with Gasteiger partial charge in [-0.25, -0.2) is 8.42 Å². The highest BCUT2D eigenvalue weighted by Gasteiger charge is 2.28.